The molecule has 0 aliphatic heterocycles. The molecule has 2 aromatic rings. The Hall–Kier alpha value is -1.69. The molecule has 0 aromatic carbocycles. The van der Waals surface area contributed by atoms with Crippen molar-refractivity contribution < 1.29 is 4.79 Å². The van der Waals surface area contributed by atoms with Crippen LogP contribution in [0.1, 0.15) is 16.2 Å². The molecule has 0 aliphatic rings. The van der Waals surface area contributed by atoms with Crippen molar-refractivity contribution >= 4 is 22.2 Å². The Labute approximate surface area is 90.4 Å². The monoisotopic (exact) mass is 222 g/mol. The van der Waals surface area contributed by atoms with Gasteiger partial charge < -0.3 is 5.32 Å². The zero-order valence-electron chi connectivity index (χ0n) is 8.23. The molecule has 0 saturated heterocycles. The summed E-state index contributed by atoms with van der Waals surface area (Å²) < 4.78 is 1.55. The molecule has 78 valence electrons. The van der Waals surface area contributed by atoms with E-state index in [9.17, 15) is 4.79 Å². The number of amides is 1. The van der Waals surface area contributed by atoms with Gasteiger partial charge in [-0.05, 0) is 6.92 Å². The molecule has 5 nitrogen and oxygen atoms in total. The second kappa shape index (κ2) is 3.82. The normalized spacial score (nSPS) is 10.5. The summed E-state index contributed by atoms with van der Waals surface area (Å²) in [7, 11) is 0. The van der Waals surface area contributed by atoms with Crippen molar-refractivity contribution in [1.29, 1.82) is 0 Å². The van der Waals surface area contributed by atoms with E-state index in [1.54, 1.807) is 23.0 Å². The van der Waals surface area contributed by atoms with Crippen LogP contribution in [0.4, 0.5) is 0 Å². The summed E-state index contributed by atoms with van der Waals surface area (Å²) in [6, 6.07) is 0. The lowest BCUT2D eigenvalue weighted by atomic mass is 10.3. The van der Waals surface area contributed by atoms with Crippen molar-refractivity contribution in [2.24, 2.45) is 0 Å². The molecule has 0 unspecified atom stereocenters. The van der Waals surface area contributed by atoms with Crippen LogP contribution in [0.2, 0.25) is 0 Å². The van der Waals surface area contributed by atoms with Gasteiger partial charge in [-0.25, -0.2) is 4.98 Å². The second-order valence-electron chi connectivity index (χ2n) is 2.98. The van der Waals surface area contributed by atoms with Crippen LogP contribution >= 0.6 is 11.3 Å². The van der Waals surface area contributed by atoms with Crippen LogP contribution in [-0.2, 0) is 0 Å². The Morgan fingerprint density at radius 3 is 3.33 bits per heavy atom. The Morgan fingerprint density at radius 2 is 2.60 bits per heavy atom. The van der Waals surface area contributed by atoms with Crippen LogP contribution in [-0.4, -0.2) is 27.0 Å². The first kappa shape index (κ1) is 9.85. The predicted molar refractivity (Wildman–Crippen MR) is 58.1 cm³/mol. The van der Waals surface area contributed by atoms with Crippen LogP contribution in [0.15, 0.2) is 18.2 Å². The third-order valence-electron chi connectivity index (χ3n) is 1.94. The number of imidazole rings is 1. The minimum Gasteiger partial charge on any atom is -0.347 e. The fraction of sp³-hybridized carbons (Fsp3) is 0.222. The highest BCUT2D eigenvalue weighted by Gasteiger charge is 2.17. The number of aromatic nitrogens is 3. The van der Waals surface area contributed by atoms with Gasteiger partial charge in [0.05, 0.1) is 5.69 Å². The Balaban J connectivity index is 2.40. The quantitative estimate of drug-likeness (QED) is 0.789. The Kier molecular flexibility index (Phi) is 2.51. The molecular weight excluding hydrogens is 212 g/mol. The van der Waals surface area contributed by atoms with Gasteiger partial charge >= 0.3 is 0 Å². The fourth-order valence-corrected chi connectivity index (χ4v) is 1.97. The Bertz CT molecular complexity index is 513. The molecule has 2 heterocycles. The van der Waals surface area contributed by atoms with Crippen molar-refractivity contribution in [2.45, 2.75) is 6.92 Å². The lowest BCUT2D eigenvalue weighted by Gasteiger charge is -2.00. The van der Waals surface area contributed by atoms with Crippen LogP contribution in [0.25, 0.3) is 4.96 Å². The van der Waals surface area contributed by atoms with Gasteiger partial charge in [-0.1, -0.05) is 17.4 Å². The van der Waals surface area contributed by atoms with Gasteiger partial charge in [0.15, 0.2) is 5.69 Å². The summed E-state index contributed by atoms with van der Waals surface area (Å²) in [5.41, 5.74) is 2.84. The van der Waals surface area contributed by atoms with E-state index >= 15 is 0 Å². The molecule has 6 heteroatoms. The highest BCUT2D eigenvalue weighted by atomic mass is 32.1. The highest BCUT2D eigenvalue weighted by Crippen LogP contribution is 2.14. The van der Waals surface area contributed by atoms with E-state index in [0.717, 1.165) is 4.96 Å². The van der Waals surface area contributed by atoms with Gasteiger partial charge in [0, 0.05) is 6.54 Å². The molecule has 1 N–H and O–H groups in total. The molecule has 0 radical (unpaired) electrons. The lowest BCUT2D eigenvalue weighted by Crippen LogP contribution is -2.25. The molecule has 2 rings (SSSR count). The molecule has 0 saturated carbocycles. The van der Waals surface area contributed by atoms with Gasteiger partial charge in [-0.3, -0.25) is 4.79 Å². The predicted octanol–water partition coefficient (Wildman–Crippen LogP) is 1.02. The van der Waals surface area contributed by atoms with Crippen LogP contribution in [0.5, 0.6) is 0 Å². The van der Waals surface area contributed by atoms with E-state index in [1.165, 1.54) is 11.3 Å². The number of nitrogens with one attached hydrogen (secondary N) is 1. The van der Waals surface area contributed by atoms with E-state index in [4.69, 9.17) is 0 Å². The molecule has 0 bridgehead atoms. The first-order valence-electron chi connectivity index (χ1n) is 4.42. The number of carbonyl (C=O) groups excluding carboxylic acids is 1. The minimum atomic E-state index is -0.175. The molecule has 0 fully saturated rings. The molecular formula is C9H10N4OS. The van der Waals surface area contributed by atoms with E-state index in [0.29, 0.717) is 17.9 Å². The first-order valence-corrected chi connectivity index (χ1v) is 5.30. The zero-order chi connectivity index (χ0) is 10.8. The van der Waals surface area contributed by atoms with Crippen molar-refractivity contribution in [3.63, 3.8) is 0 Å². The average molecular weight is 222 g/mol. The van der Waals surface area contributed by atoms with Gasteiger partial charge in [0.25, 0.3) is 5.91 Å². The summed E-state index contributed by atoms with van der Waals surface area (Å²) in [6.45, 7) is 5.77. The second-order valence-corrected chi connectivity index (χ2v) is 3.79. The third kappa shape index (κ3) is 1.63. The van der Waals surface area contributed by atoms with Crippen molar-refractivity contribution in [3.8, 4) is 0 Å². The SMILES string of the molecule is C=CCNC(=O)c1c(C)nc2scnn12. The third-order valence-corrected chi connectivity index (χ3v) is 2.62. The maximum absolute atomic E-state index is 11.7. The topological polar surface area (TPSA) is 59.3 Å². The maximum Gasteiger partial charge on any atom is 0.272 e. The number of nitrogens with zero attached hydrogens (tertiary/aromatic N) is 3. The fourth-order valence-electron chi connectivity index (χ4n) is 1.30. The standard InChI is InChI=1S/C9H10N4OS/c1-3-4-10-8(14)7-6(2)12-9-13(7)11-5-15-9/h3,5H,1,4H2,2H3,(H,10,14). The van der Waals surface area contributed by atoms with Gasteiger partial charge in [-0.2, -0.15) is 9.61 Å². The van der Waals surface area contributed by atoms with E-state index < -0.39 is 0 Å². The molecule has 15 heavy (non-hydrogen) atoms. The van der Waals surface area contributed by atoms with Gasteiger partial charge in [0.1, 0.15) is 5.51 Å². The summed E-state index contributed by atoms with van der Waals surface area (Å²) >= 11 is 1.40. The largest absolute Gasteiger partial charge is 0.347 e. The van der Waals surface area contributed by atoms with Crippen LogP contribution in [0.3, 0.4) is 0 Å². The number of hydrogen-bond acceptors (Lipinski definition) is 4. The van der Waals surface area contributed by atoms with Crippen LogP contribution in [0, 0.1) is 6.92 Å². The number of fused-ring (bicyclic) bond motifs is 1. The molecule has 0 atom stereocenters. The summed E-state index contributed by atoms with van der Waals surface area (Å²) in [5, 5.41) is 6.76. The van der Waals surface area contributed by atoms with E-state index in [2.05, 4.69) is 22.0 Å². The number of aryl methyl sites for hydroxylation is 1. The van der Waals surface area contributed by atoms with Gasteiger partial charge in [0.2, 0.25) is 4.96 Å². The van der Waals surface area contributed by atoms with E-state index in [-0.39, 0.29) is 5.91 Å². The summed E-state index contributed by atoms with van der Waals surface area (Å²) in [4.78, 5) is 16.7. The lowest BCUT2D eigenvalue weighted by molar-refractivity contribution is 0.0950. The van der Waals surface area contributed by atoms with Crippen molar-refractivity contribution in [3.05, 3.63) is 29.6 Å². The van der Waals surface area contributed by atoms with Crippen LogP contribution < -0.4 is 5.32 Å². The number of rotatable bonds is 3. The summed E-state index contributed by atoms with van der Waals surface area (Å²) in [5.74, 6) is -0.175. The highest BCUT2D eigenvalue weighted by molar-refractivity contribution is 7.14. The smallest absolute Gasteiger partial charge is 0.272 e. The molecule has 0 spiro atoms. The number of carbonyl (C=O) groups is 1. The van der Waals surface area contributed by atoms with Crippen molar-refractivity contribution in [2.75, 3.05) is 6.54 Å². The number of hydrogen-bond donors (Lipinski definition) is 1. The van der Waals surface area contributed by atoms with Gasteiger partial charge in [-0.15, -0.1) is 6.58 Å². The molecule has 0 aliphatic carbocycles. The minimum absolute atomic E-state index is 0.175. The molecule has 1 amide bonds. The maximum atomic E-state index is 11.7. The molecule has 2 aromatic heterocycles. The zero-order valence-corrected chi connectivity index (χ0v) is 9.04. The average Bonchev–Trinajstić information content (AvgIpc) is 2.73. The first-order chi connectivity index (χ1) is 7.24. The summed E-state index contributed by atoms with van der Waals surface area (Å²) in [6.07, 6.45) is 1.63. The van der Waals surface area contributed by atoms with E-state index in [1.807, 2.05) is 0 Å². The van der Waals surface area contributed by atoms with Crippen molar-refractivity contribution in [1.82, 2.24) is 19.9 Å². The Morgan fingerprint density at radius 1 is 1.80 bits per heavy atom.